The average molecular weight is 234 g/mol. The molecule has 1 heterocycles. The topological polar surface area (TPSA) is 27.1 Å². The van der Waals surface area contributed by atoms with Crippen LogP contribution in [0.2, 0.25) is 0 Å². The van der Waals surface area contributed by atoms with Gasteiger partial charge in [-0.3, -0.25) is 0 Å². The van der Waals surface area contributed by atoms with E-state index in [4.69, 9.17) is 4.74 Å². The summed E-state index contributed by atoms with van der Waals surface area (Å²) in [5.74, 6) is 0.910. The molecule has 1 aromatic heterocycles. The lowest BCUT2D eigenvalue weighted by Gasteiger charge is -2.08. The van der Waals surface area contributed by atoms with Gasteiger partial charge in [0.2, 0.25) is 0 Å². The Kier molecular flexibility index (Phi) is 3.42. The summed E-state index contributed by atoms with van der Waals surface area (Å²) in [6.45, 7) is 2.33. The van der Waals surface area contributed by atoms with Gasteiger partial charge in [-0.05, 0) is 24.6 Å². The van der Waals surface area contributed by atoms with E-state index in [1.54, 1.807) is 18.3 Å². The van der Waals surface area contributed by atoms with Crippen LogP contribution in [0.3, 0.4) is 0 Å². The summed E-state index contributed by atoms with van der Waals surface area (Å²) in [5.41, 5.74) is 0.985. The van der Waals surface area contributed by atoms with Crippen molar-refractivity contribution in [2.24, 2.45) is 7.05 Å². The summed E-state index contributed by atoms with van der Waals surface area (Å²) < 4.78 is 20.7. The number of hydrogen-bond acceptors (Lipinski definition) is 2. The van der Waals surface area contributed by atoms with Crippen molar-refractivity contribution in [2.45, 2.75) is 13.3 Å². The molecule has 0 N–H and O–H groups in total. The summed E-state index contributed by atoms with van der Waals surface area (Å²) in [4.78, 5) is 4.18. The molecule has 0 radical (unpaired) electrons. The monoisotopic (exact) mass is 234 g/mol. The molecule has 3 nitrogen and oxygen atoms in total. The Labute approximate surface area is 99.9 Å². The zero-order chi connectivity index (χ0) is 12.3. The smallest absolute Gasteiger partial charge is 0.165 e. The Hall–Kier alpha value is -1.84. The number of halogens is 1. The van der Waals surface area contributed by atoms with Crippen molar-refractivity contribution < 1.29 is 9.13 Å². The average Bonchev–Trinajstić information content (AvgIpc) is 2.70. The Morgan fingerprint density at radius 3 is 2.94 bits per heavy atom. The highest BCUT2D eigenvalue weighted by molar-refractivity contribution is 5.29. The van der Waals surface area contributed by atoms with E-state index in [-0.39, 0.29) is 5.82 Å². The van der Waals surface area contributed by atoms with Crippen LogP contribution in [0.5, 0.6) is 5.75 Å². The predicted molar refractivity (Wildman–Crippen MR) is 63.5 cm³/mol. The lowest BCUT2D eigenvalue weighted by molar-refractivity contribution is 0.301. The Morgan fingerprint density at radius 1 is 1.41 bits per heavy atom. The van der Waals surface area contributed by atoms with Gasteiger partial charge in [-0.1, -0.05) is 6.07 Å². The fourth-order valence-electron chi connectivity index (χ4n) is 1.61. The van der Waals surface area contributed by atoms with Crippen LogP contribution in [-0.4, -0.2) is 16.2 Å². The molecule has 4 heteroatoms. The summed E-state index contributed by atoms with van der Waals surface area (Å²) in [7, 11) is 1.93. The van der Waals surface area contributed by atoms with E-state index in [0.29, 0.717) is 18.8 Å². The van der Waals surface area contributed by atoms with Gasteiger partial charge in [0.1, 0.15) is 5.82 Å². The molecule has 0 saturated heterocycles. The second-order valence-electron chi connectivity index (χ2n) is 3.99. The van der Waals surface area contributed by atoms with Gasteiger partial charge in [0.05, 0.1) is 6.61 Å². The first-order chi connectivity index (χ1) is 8.16. The van der Waals surface area contributed by atoms with Gasteiger partial charge >= 0.3 is 0 Å². The molecule has 17 heavy (non-hydrogen) atoms. The van der Waals surface area contributed by atoms with Crippen molar-refractivity contribution in [3.8, 4) is 5.75 Å². The minimum Gasteiger partial charge on any atom is -0.490 e. The van der Waals surface area contributed by atoms with Crippen LogP contribution in [0.4, 0.5) is 4.39 Å². The molecule has 0 spiro atoms. The molecule has 0 saturated carbocycles. The highest BCUT2D eigenvalue weighted by Gasteiger charge is 2.04. The van der Waals surface area contributed by atoms with Crippen LogP contribution in [0.25, 0.3) is 0 Å². The molecule has 90 valence electrons. The molecule has 1 aromatic carbocycles. The number of imidazole rings is 1. The summed E-state index contributed by atoms with van der Waals surface area (Å²) >= 11 is 0. The van der Waals surface area contributed by atoms with Gasteiger partial charge in [-0.15, -0.1) is 0 Å². The van der Waals surface area contributed by atoms with Gasteiger partial charge < -0.3 is 9.30 Å². The zero-order valence-corrected chi connectivity index (χ0v) is 9.98. The molecule has 0 aliphatic heterocycles. The highest BCUT2D eigenvalue weighted by Crippen LogP contribution is 2.18. The predicted octanol–water partition coefficient (Wildman–Crippen LogP) is 2.49. The Balaban J connectivity index is 1.94. The highest BCUT2D eigenvalue weighted by atomic mass is 19.1. The molecule has 0 amide bonds. The van der Waals surface area contributed by atoms with E-state index in [1.165, 1.54) is 6.07 Å². The molecule has 0 aliphatic rings. The number of aryl methyl sites for hydroxylation is 2. The van der Waals surface area contributed by atoms with Crippen LogP contribution < -0.4 is 4.74 Å². The van der Waals surface area contributed by atoms with Crippen LogP contribution >= 0.6 is 0 Å². The standard InChI is InChI=1S/C13H15FN2O/c1-10-3-4-11(14)12(9-10)17-8-5-13-15-6-7-16(13)2/h3-4,6-7,9H,5,8H2,1-2H3. The third-order valence-electron chi connectivity index (χ3n) is 2.59. The minimum absolute atomic E-state index is 0.305. The first-order valence-corrected chi connectivity index (χ1v) is 5.52. The Morgan fingerprint density at radius 2 is 2.24 bits per heavy atom. The normalized spacial score (nSPS) is 10.5. The van der Waals surface area contributed by atoms with Crippen molar-refractivity contribution in [2.75, 3.05) is 6.61 Å². The number of ether oxygens (including phenoxy) is 1. The third-order valence-corrected chi connectivity index (χ3v) is 2.59. The number of hydrogen-bond donors (Lipinski definition) is 0. The third kappa shape index (κ3) is 2.84. The molecule has 2 rings (SSSR count). The first kappa shape index (κ1) is 11.6. The van der Waals surface area contributed by atoms with Crippen LogP contribution in [0.15, 0.2) is 30.6 Å². The van der Waals surface area contributed by atoms with E-state index in [2.05, 4.69) is 4.98 Å². The van der Waals surface area contributed by atoms with Crippen molar-refractivity contribution in [1.82, 2.24) is 9.55 Å². The maximum absolute atomic E-state index is 13.4. The Bertz CT molecular complexity index is 508. The lowest BCUT2D eigenvalue weighted by atomic mass is 10.2. The number of aromatic nitrogens is 2. The molecule has 0 aliphatic carbocycles. The lowest BCUT2D eigenvalue weighted by Crippen LogP contribution is -2.07. The van der Waals surface area contributed by atoms with Crippen LogP contribution in [-0.2, 0) is 13.5 Å². The molecular formula is C13H15FN2O. The minimum atomic E-state index is -0.324. The van der Waals surface area contributed by atoms with Crippen LogP contribution in [0, 0.1) is 12.7 Å². The number of rotatable bonds is 4. The van der Waals surface area contributed by atoms with Crippen molar-refractivity contribution >= 4 is 0 Å². The van der Waals surface area contributed by atoms with E-state index >= 15 is 0 Å². The fourth-order valence-corrected chi connectivity index (χ4v) is 1.61. The molecule has 0 unspecified atom stereocenters. The molecule has 0 fully saturated rings. The van der Waals surface area contributed by atoms with Crippen molar-refractivity contribution in [3.05, 3.63) is 47.8 Å². The largest absolute Gasteiger partial charge is 0.490 e. The first-order valence-electron chi connectivity index (χ1n) is 5.52. The number of benzene rings is 1. The second-order valence-corrected chi connectivity index (χ2v) is 3.99. The van der Waals surface area contributed by atoms with Crippen LogP contribution in [0.1, 0.15) is 11.4 Å². The summed E-state index contributed by atoms with van der Waals surface area (Å²) in [6, 6.07) is 4.85. The van der Waals surface area contributed by atoms with E-state index in [9.17, 15) is 4.39 Å². The van der Waals surface area contributed by atoms with Crippen molar-refractivity contribution in [1.29, 1.82) is 0 Å². The fraction of sp³-hybridized carbons (Fsp3) is 0.308. The molecular weight excluding hydrogens is 219 g/mol. The van der Waals surface area contributed by atoms with Gasteiger partial charge in [0.15, 0.2) is 11.6 Å². The van der Waals surface area contributed by atoms with E-state index in [1.807, 2.05) is 24.7 Å². The maximum Gasteiger partial charge on any atom is 0.165 e. The van der Waals surface area contributed by atoms with E-state index < -0.39 is 0 Å². The van der Waals surface area contributed by atoms with Gasteiger partial charge in [0.25, 0.3) is 0 Å². The zero-order valence-electron chi connectivity index (χ0n) is 9.98. The molecule has 2 aromatic rings. The SMILES string of the molecule is Cc1ccc(F)c(OCCc2nccn2C)c1. The summed E-state index contributed by atoms with van der Waals surface area (Å²) in [6.07, 6.45) is 4.28. The van der Waals surface area contributed by atoms with E-state index in [0.717, 1.165) is 11.4 Å². The van der Waals surface area contributed by atoms with Gasteiger partial charge in [-0.2, -0.15) is 0 Å². The number of nitrogens with zero attached hydrogens (tertiary/aromatic N) is 2. The quantitative estimate of drug-likeness (QED) is 0.812. The van der Waals surface area contributed by atoms with Gasteiger partial charge in [0, 0.05) is 25.9 Å². The summed E-state index contributed by atoms with van der Waals surface area (Å²) in [5, 5.41) is 0. The van der Waals surface area contributed by atoms with Crippen molar-refractivity contribution in [3.63, 3.8) is 0 Å². The molecule has 0 bridgehead atoms. The second kappa shape index (κ2) is 4.99. The molecule has 0 atom stereocenters. The maximum atomic E-state index is 13.4. The van der Waals surface area contributed by atoms with Gasteiger partial charge in [-0.25, -0.2) is 9.37 Å².